The molecule has 0 unspecified atom stereocenters. The molecule has 2 N–H and O–H groups in total. The third-order valence-electron chi connectivity index (χ3n) is 2.10. The van der Waals surface area contributed by atoms with Crippen LogP contribution in [-0.4, -0.2) is 20.9 Å². The summed E-state index contributed by atoms with van der Waals surface area (Å²) in [5.74, 6) is 0.630. The molecular formula is C10H12N4O2. The smallest absolute Gasteiger partial charge is 0.271 e. The Kier molecular flexibility index (Phi) is 2.47. The first-order chi connectivity index (χ1) is 7.56. The summed E-state index contributed by atoms with van der Waals surface area (Å²) in [7, 11) is 0. The van der Waals surface area contributed by atoms with Crippen molar-refractivity contribution in [2.24, 2.45) is 0 Å². The fraction of sp³-hybridized carbons (Fsp3) is 0.300. The average molecular weight is 220 g/mol. The minimum atomic E-state index is -0.427. The van der Waals surface area contributed by atoms with E-state index in [0.717, 1.165) is 5.52 Å². The van der Waals surface area contributed by atoms with Crippen molar-refractivity contribution < 1.29 is 4.92 Å². The molecule has 0 atom stereocenters. The number of hydrogen-bond donors (Lipinski definition) is 2. The van der Waals surface area contributed by atoms with E-state index in [1.165, 1.54) is 12.1 Å². The van der Waals surface area contributed by atoms with Crippen molar-refractivity contribution in [3.8, 4) is 0 Å². The molecule has 1 aromatic carbocycles. The second-order valence-corrected chi connectivity index (χ2v) is 3.84. The number of hydrogen-bond acceptors (Lipinski definition) is 4. The summed E-state index contributed by atoms with van der Waals surface area (Å²) in [4.78, 5) is 17.4. The minimum absolute atomic E-state index is 0.0510. The van der Waals surface area contributed by atoms with E-state index in [1.807, 2.05) is 13.8 Å². The van der Waals surface area contributed by atoms with Gasteiger partial charge in [-0.25, -0.2) is 4.98 Å². The van der Waals surface area contributed by atoms with Gasteiger partial charge in [-0.1, -0.05) is 0 Å². The summed E-state index contributed by atoms with van der Waals surface area (Å²) in [6.07, 6.45) is 0. The molecule has 0 aliphatic carbocycles. The Morgan fingerprint density at radius 1 is 1.50 bits per heavy atom. The van der Waals surface area contributed by atoms with Crippen molar-refractivity contribution in [2.45, 2.75) is 19.9 Å². The Bertz CT molecular complexity index is 533. The Morgan fingerprint density at radius 2 is 2.25 bits per heavy atom. The summed E-state index contributed by atoms with van der Waals surface area (Å²) >= 11 is 0. The van der Waals surface area contributed by atoms with E-state index in [1.54, 1.807) is 6.07 Å². The number of nitro groups is 1. The Morgan fingerprint density at radius 3 is 2.88 bits per heavy atom. The molecule has 6 heteroatoms. The number of fused-ring (bicyclic) bond motifs is 1. The highest BCUT2D eigenvalue weighted by atomic mass is 16.6. The molecule has 0 bridgehead atoms. The molecule has 1 heterocycles. The van der Waals surface area contributed by atoms with Crippen molar-refractivity contribution in [3.63, 3.8) is 0 Å². The Balaban J connectivity index is 2.42. The van der Waals surface area contributed by atoms with Crippen molar-refractivity contribution in [1.82, 2.24) is 9.97 Å². The monoisotopic (exact) mass is 220 g/mol. The van der Waals surface area contributed by atoms with Gasteiger partial charge in [0.1, 0.15) is 0 Å². The SMILES string of the molecule is CC(C)Nc1nc2cc([N+](=O)[O-])ccc2[nH]1. The molecule has 0 amide bonds. The van der Waals surface area contributed by atoms with Gasteiger partial charge in [-0.15, -0.1) is 0 Å². The topological polar surface area (TPSA) is 83.8 Å². The molecule has 2 aromatic rings. The lowest BCUT2D eigenvalue weighted by Gasteiger charge is -2.04. The number of imidazole rings is 1. The van der Waals surface area contributed by atoms with Gasteiger partial charge in [0.05, 0.1) is 16.0 Å². The van der Waals surface area contributed by atoms with E-state index in [0.29, 0.717) is 11.5 Å². The van der Waals surface area contributed by atoms with Crippen LogP contribution >= 0.6 is 0 Å². The van der Waals surface area contributed by atoms with Crippen LogP contribution in [0.25, 0.3) is 11.0 Å². The number of non-ortho nitro benzene ring substituents is 1. The van der Waals surface area contributed by atoms with Gasteiger partial charge < -0.3 is 10.3 Å². The van der Waals surface area contributed by atoms with Gasteiger partial charge in [0.15, 0.2) is 0 Å². The Labute approximate surface area is 91.8 Å². The first-order valence-corrected chi connectivity index (χ1v) is 4.97. The molecular weight excluding hydrogens is 208 g/mol. The number of aromatic nitrogens is 2. The predicted octanol–water partition coefficient (Wildman–Crippen LogP) is 2.29. The van der Waals surface area contributed by atoms with Crippen LogP contribution in [0.2, 0.25) is 0 Å². The highest BCUT2D eigenvalue weighted by Crippen LogP contribution is 2.20. The number of nitrogens with one attached hydrogen (secondary N) is 2. The molecule has 0 aliphatic rings. The van der Waals surface area contributed by atoms with E-state index in [2.05, 4.69) is 15.3 Å². The molecule has 1 aromatic heterocycles. The van der Waals surface area contributed by atoms with Crippen LogP contribution in [0.3, 0.4) is 0 Å². The molecule has 16 heavy (non-hydrogen) atoms. The van der Waals surface area contributed by atoms with Gasteiger partial charge in [-0.3, -0.25) is 10.1 Å². The van der Waals surface area contributed by atoms with E-state index in [-0.39, 0.29) is 11.7 Å². The van der Waals surface area contributed by atoms with Gasteiger partial charge in [-0.2, -0.15) is 0 Å². The Hall–Kier alpha value is -2.11. The lowest BCUT2D eigenvalue weighted by molar-refractivity contribution is -0.384. The number of aromatic amines is 1. The first-order valence-electron chi connectivity index (χ1n) is 4.97. The molecule has 0 saturated carbocycles. The predicted molar refractivity (Wildman–Crippen MR) is 61.5 cm³/mol. The second-order valence-electron chi connectivity index (χ2n) is 3.84. The molecule has 0 fully saturated rings. The zero-order valence-corrected chi connectivity index (χ0v) is 9.02. The van der Waals surface area contributed by atoms with Gasteiger partial charge >= 0.3 is 0 Å². The zero-order valence-electron chi connectivity index (χ0n) is 9.02. The summed E-state index contributed by atoms with van der Waals surface area (Å²) < 4.78 is 0. The van der Waals surface area contributed by atoms with Crippen LogP contribution < -0.4 is 5.32 Å². The first kappa shape index (κ1) is 10.4. The van der Waals surface area contributed by atoms with Crippen LogP contribution in [-0.2, 0) is 0 Å². The van der Waals surface area contributed by atoms with Crippen molar-refractivity contribution in [2.75, 3.05) is 5.32 Å². The maximum Gasteiger partial charge on any atom is 0.271 e. The second kappa shape index (κ2) is 3.80. The van der Waals surface area contributed by atoms with Crippen LogP contribution in [0.5, 0.6) is 0 Å². The summed E-state index contributed by atoms with van der Waals surface area (Å²) in [5.41, 5.74) is 1.43. The minimum Gasteiger partial charge on any atom is -0.354 e. The van der Waals surface area contributed by atoms with Gasteiger partial charge in [0.2, 0.25) is 5.95 Å². The maximum absolute atomic E-state index is 10.6. The van der Waals surface area contributed by atoms with Crippen LogP contribution in [0, 0.1) is 10.1 Å². The highest BCUT2D eigenvalue weighted by molar-refractivity contribution is 5.79. The highest BCUT2D eigenvalue weighted by Gasteiger charge is 2.09. The zero-order chi connectivity index (χ0) is 11.7. The fourth-order valence-electron chi connectivity index (χ4n) is 1.45. The third kappa shape index (κ3) is 1.95. The molecule has 6 nitrogen and oxygen atoms in total. The largest absolute Gasteiger partial charge is 0.354 e. The standard InChI is InChI=1S/C10H12N4O2/c1-6(2)11-10-12-8-4-3-7(14(15)16)5-9(8)13-10/h3-6H,1-2H3,(H2,11,12,13). The van der Waals surface area contributed by atoms with Crippen LogP contribution in [0.15, 0.2) is 18.2 Å². The van der Waals surface area contributed by atoms with Gasteiger partial charge in [0, 0.05) is 18.2 Å². The van der Waals surface area contributed by atoms with E-state index in [9.17, 15) is 10.1 Å². The number of benzene rings is 1. The molecule has 0 radical (unpaired) electrons. The average Bonchev–Trinajstić information content (AvgIpc) is 2.56. The number of rotatable bonds is 3. The van der Waals surface area contributed by atoms with Crippen LogP contribution in [0.4, 0.5) is 11.6 Å². The lowest BCUT2D eigenvalue weighted by atomic mass is 10.3. The lowest BCUT2D eigenvalue weighted by Crippen LogP contribution is -2.10. The number of nitrogens with zero attached hydrogens (tertiary/aromatic N) is 2. The summed E-state index contributed by atoms with van der Waals surface area (Å²) in [6, 6.07) is 4.83. The van der Waals surface area contributed by atoms with E-state index in [4.69, 9.17) is 0 Å². The quantitative estimate of drug-likeness (QED) is 0.614. The number of anilines is 1. The fourth-order valence-corrected chi connectivity index (χ4v) is 1.45. The van der Waals surface area contributed by atoms with Gasteiger partial charge in [0.25, 0.3) is 5.69 Å². The van der Waals surface area contributed by atoms with Crippen molar-refractivity contribution in [3.05, 3.63) is 28.3 Å². The van der Waals surface area contributed by atoms with Crippen molar-refractivity contribution in [1.29, 1.82) is 0 Å². The van der Waals surface area contributed by atoms with E-state index >= 15 is 0 Å². The number of nitro benzene ring substituents is 1. The molecule has 84 valence electrons. The summed E-state index contributed by atoms with van der Waals surface area (Å²) in [6.45, 7) is 3.99. The van der Waals surface area contributed by atoms with Crippen LogP contribution in [0.1, 0.15) is 13.8 Å². The number of H-pyrrole nitrogens is 1. The normalized spacial score (nSPS) is 10.9. The maximum atomic E-state index is 10.6. The summed E-state index contributed by atoms with van der Waals surface area (Å²) in [5, 5.41) is 13.7. The molecule has 2 rings (SSSR count). The molecule has 0 saturated heterocycles. The third-order valence-corrected chi connectivity index (χ3v) is 2.10. The van der Waals surface area contributed by atoms with Gasteiger partial charge in [-0.05, 0) is 19.9 Å². The molecule has 0 aliphatic heterocycles. The van der Waals surface area contributed by atoms with Crippen molar-refractivity contribution >= 4 is 22.7 Å². The van der Waals surface area contributed by atoms with E-state index < -0.39 is 4.92 Å². The molecule has 0 spiro atoms.